The van der Waals surface area contributed by atoms with Gasteiger partial charge in [-0.15, -0.1) is 0 Å². The van der Waals surface area contributed by atoms with Gasteiger partial charge in [0.05, 0.1) is 16.0 Å². The van der Waals surface area contributed by atoms with Crippen molar-refractivity contribution in [3.05, 3.63) is 93.4 Å². The molecule has 0 spiro atoms. The fourth-order valence-electron chi connectivity index (χ4n) is 3.68. The van der Waals surface area contributed by atoms with Crippen molar-refractivity contribution in [2.24, 2.45) is 0 Å². The molecule has 35 heavy (non-hydrogen) atoms. The van der Waals surface area contributed by atoms with Gasteiger partial charge in [-0.1, -0.05) is 73.7 Å². The second-order valence-electron chi connectivity index (χ2n) is 7.92. The normalized spacial score (nSPS) is 14.3. The number of phenols is 2. The molecule has 8 heteroatoms. The summed E-state index contributed by atoms with van der Waals surface area (Å²) in [5.74, 6) is -0.422. The van der Waals surface area contributed by atoms with E-state index in [4.69, 9.17) is 17.0 Å². The van der Waals surface area contributed by atoms with Gasteiger partial charge in [-0.2, -0.15) is 0 Å². The summed E-state index contributed by atoms with van der Waals surface area (Å²) in [6, 6.07) is 17.0. The van der Waals surface area contributed by atoms with E-state index in [1.165, 1.54) is 30.0 Å². The van der Waals surface area contributed by atoms with Crippen molar-refractivity contribution in [3.8, 4) is 17.2 Å². The highest BCUT2D eigenvalue weighted by Gasteiger charge is 2.22. The van der Waals surface area contributed by atoms with Crippen molar-refractivity contribution < 1.29 is 24.5 Å². The Morgan fingerprint density at radius 2 is 1.80 bits per heavy atom. The predicted molar refractivity (Wildman–Crippen MR) is 141 cm³/mol. The molecule has 1 heterocycles. The van der Waals surface area contributed by atoms with Crippen LogP contribution in [0.5, 0.6) is 17.2 Å². The lowest BCUT2D eigenvalue weighted by Gasteiger charge is -2.15. The first-order chi connectivity index (χ1) is 16.9. The molecule has 3 N–H and O–H groups in total. The first-order valence-corrected chi connectivity index (χ1v) is 12.2. The number of thiocarbonyl (C=S) groups is 1. The number of phenolic OH excluding ortho intramolecular Hbond substituents is 2. The number of ether oxygens (including phenoxy) is 1. The Balaban J connectivity index is 1.51. The number of hydrogen-bond donors (Lipinski definition) is 3. The first kappa shape index (κ1) is 24.5. The van der Waals surface area contributed by atoms with Crippen LogP contribution in [0.4, 0.5) is 0 Å². The first-order valence-electron chi connectivity index (χ1n) is 11.0. The highest BCUT2D eigenvalue weighted by atomic mass is 32.2. The Labute approximate surface area is 212 Å². The van der Waals surface area contributed by atoms with Crippen molar-refractivity contribution in [1.29, 1.82) is 0 Å². The van der Waals surface area contributed by atoms with E-state index >= 15 is 0 Å². The van der Waals surface area contributed by atoms with E-state index in [1.54, 1.807) is 24.3 Å². The van der Waals surface area contributed by atoms with E-state index in [-0.39, 0.29) is 35.1 Å². The number of ketones is 1. The summed E-state index contributed by atoms with van der Waals surface area (Å²) >= 11 is 6.24. The van der Waals surface area contributed by atoms with E-state index in [0.29, 0.717) is 27.0 Å². The molecule has 1 fully saturated rings. The molecule has 0 saturated carbocycles. The van der Waals surface area contributed by atoms with Crippen LogP contribution in [0.25, 0.3) is 6.08 Å². The number of aromatic hydroxyl groups is 2. The largest absolute Gasteiger partial charge is 0.507 e. The van der Waals surface area contributed by atoms with E-state index < -0.39 is 5.78 Å². The molecule has 0 bridgehead atoms. The standard InChI is InChI=1S/C27H23NO5S2/c1-2-5-19-22(13-12-20(25(19)31)24(30)18-6-3-4-7-21(18)29)33-15-17-10-8-16(9-11-17)14-23-26(32)28-27(34)35-23/h3-4,6-14,29,31H,2,5,15H2,1H3,(H,28,32,34)/b23-14-. The third kappa shape index (κ3) is 5.55. The summed E-state index contributed by atoms with van der Waals surface area (Å²) in [6.07, 6.45) is 3.05. The highest BCUT2D eigenvalue weighted by Crippen LogP contribution is 2.35. The molecular formula is C27H23NO5S2. The number of benzene rings is 3. The van der Waals surface area contributed by atoms with Crippen LogP contribution in [0, 0.1) is 0 Å². The van der Waals surface area contributed by atoms with Crippen LogP contribution in [0.1, 0.15) is 46.0 Å². The van der Waals surface area contributed by atoms with Gasteiger partial charge in [0.25, 0.3) is 5.91 Å². The maximum atomic E-state index is 12.9. The van der Waals surface area contributed by atoms with Crippen LogP contribution in [-0.4, -0.2) is 26.2 Å². The Morgan fingerprint density at radius 3 is 2.46 bits per heavy atom. The number of carbonyl (C=O) groups is 2. The van der Waals surface area contributed by atoms with Gasteiger partial charge in [0.1, 0.15) is 28.2 Å². The number of amides is 1. The Morgan fingerprint density at radius 1 is 1.06 bits per heavy atom. The van der Waals surface area contributed by atoms with Gasteiger partial charge in [0, 0.05) is 5.56 Å². The molecule has 4 rings (SSSR count). The molecule has 0 aliphatic carbocycles. The fourth-order valence-corrected chi connectivity index (χ4v) is 4.73. The third-order valence-corrected chi connectivity index (χ3v) is 6.61. The lowest BCUT2D eigenvalue weighted by atomic mass is 9.97. The number of rotatable bonds is 8. The number of thioether (sulfide) groups is 1. The van der Waals surface area contributed by atoms with Crippen LogP contribution in [-0.2, 0) is 17.8 Å². The molecule has 1 saturated heterocycles. The zero-order chi connectivity index (χ0) is 24.9. The molecule has 3 aromatic carbocycles. The minimum atomic E-state index is -0.455. The van der Waals surface area contributed by atoms with Crippen LogP contribution in [0.15, 0.2) is 65.6 Å². The molecule has 1 amide bonds. The summed E-state index contributed by atoms with van der Waals surface area (Å²) in [7, 11) is 0. The summed E-state index contributed by atoms with van der Waals surface area (Å²) in [4.78, 5) is 25.3. The Hall–Kier alpha value is -3.62. The monoisotopic (exact) mass is 505 g/mol. The molecule has 1 aliphatic rings. The number of hydrogen-bond acceptors (Lipinski definition) is 7. The van der Waals surface area contributed by atoms with Crippen molar-refractivity contribution in [2.75, 3.05) is 0 Å². The van der Waals surface area contributed by atoms with Gasteiger partial charge in [-0.3, -0.25) is 9.59 Å². The van der Waals surface area contributed by atoms with Gasteiger partial charge in [0.15, 0.2) is 5.78 Å². The average molecular weight is 506 g/mol. The molecule has 0 unspecified atom stereocenters. The quantitative estimate of drug-likeness (QED) is 0.216. The number of para-hydroxylation sites is 1. The van der Waals surface area contributed by atoms with E-state index in [2.05, 4.69) is 5.32 Å². The maximum absolute atomic E-state index is 12.9. The second kappa shape index (κ2) is 10.8. The summed E-state index contributed by atoms with van der Waals surface area (Å²) < 4.78 is 6.45. The second-order valence-corrected chi connectivity index (χ2v) is 9.64. The number of carbonyl (C=O) groups excluding carboxylic acids is 2. The van der Waals surface area contributed by atoms with E-state index in [1.807, 2.05) is 31.2 Å². The average Bonchev–Trinajstić information content (AvgIpc) is 3.16. The summed E-state index contributed by atoms with van der Waals surface area (Å²) in [6.45, 7) is 2.24. The molecule has 1 aliphatic heterocycles. The maximum Gasteiger partial charge on any atom is 0.263 e. The predicted octanol–water partition coefficient (Wildman–Crippen LogP) is 5.35. The van der Waals surface area contributed by atoms with Gasteiger partial charge < -0.3 is 20.3 Å². The Kier molecular flexibility index (Phi) is 7.53. The molecular weight excluding hydrogens is 482 g/mol. The van der Waals surface area contributed by atoms with Gasteiger partial charge >= 0.3 is 0 Å². The highest BCUT2D eigenvalue weighted by molar-refractivity contribution is 8.26. The van der Waals surface area contributed by atoms with Crippen molar-refractivity contribution in [2.45, 2.75) is 26.4 Å². The van der Waals surface area contributed by atoms with Gasteiger partial charge in [-0.05, 0) is 47.9 Å². The third-order valence-electron chi connectivity index (χ3n) is 5.45. The van der Waals surface area contributed by atoms with Crippen molar-refractivity contribution in [1.82, 2.24) is 5.32 Å². The SMILES string of the molecule is CCCc1c(OCc2ccc(/C=C3\SC(=S)NC3=O)cc2)ccc(C(=O)c2ccccc2O)c1O. The zero-order valence-corrected chi connectivity index (χ0v) is 20.5. The number of nitrogens with one attached hydrogen (secondary N) is 1. The molecule has 0 aromatic heterocycles. The molecule has 3 aromatic rings. The van der Waals surface area contributed by atoms with Crippen LogP contribution in [0.2, 0.25) is 0 Å². The summed E-state index contributed by atoms with van der Waals surface area (Å²) in [5, 5.41) is 23.5. The molecule has 0 radical (unpaired) electrons. The van der Waals surface area contributed by atoms with Gasteiger partial charge in [-0.25, -0.2) is 0 Å². The van der Waals surface area contributed by atoms with E-state index in [9.17, 15) is 19.8 Å². The fraction of sp³-hybridized carbons (Fsp3) is 0.148. The molecule has 0 atom stereocenters. The minimum absolute atomic E-state index is 0.119. The van der Waals surface area contributed by atoms with Crippen LogP contribution >= 0.6 is 24.0 Å². The van der Waals surface area contributed by atoms with Crippen LogP contribution < -0.4 is 10.1 Å². The van der Waals surface area contributed by atoms with Gasteiger partial charge in [0.2, 0.25) is 0 Å². The van der Waals surface area contributed by atoms with Crippen molar-refractivity contribution in [3.63, 3.8) is 0 Å². The lowest BCUT2D eigenvalue weighted by Crippen LogP contribution is -2.17. The zero-order valence-electron chi connectivity index (χ0n) is 18.9. The van der Waals surface area contributed by atoms with E-state index in [0.717, 1.165) is 17.5 Å². The Bertz CT molecular complexity index is 1330. The van der Waals surface area contributed by atoms with Crippen molar-refractivity contribution >= 4 is 46.1 Å². The van der Waals surface area contributed by atoms with Crippen LogP contribution in [0.3, 0.4) is 0 Å². The topological polar surface area (TPSA) is 95.9 Å². The molecule has 6 nitrogen and oxygen atoms in total. The summed E-state index contributed by atoms with van der Waals surface area (Å²) in [5.41, 5.74) is 2.57. The lowest BCUT2D eigenvalue weighted by molar-refractivity contribution is -0.115. The minimum Gasteiger partial charge on any atom is -0.507 e. The smallest absolute Gasteiger partial charge is 0.263 e. The molecule has 178 valence electrons.